The van der Waals surface area contributed by atoms with Crippen LogP contribution in [0.15, 0.2) is 12.1 Å². The van der Waals surface area contributed by atoms with Crippen LogP contribution in [0, 0.1) is 0 Å². The smallest absolute Gasteiger partial charge is 0.242 e. The lowest BCUT2D eigenvalue weighted by molar-refractivity contribution is -0.121. The Morgan fingerprint density at radius 2 is 1.89 bits per heavy atom. The number of carbonyl (C=O) groups excluding carboxylic acids is 1. The van der Waals surface area contributed by atoms with Crippen molar-refractivity contribution in [2.45, 2.75) is 19.9 Å². The highest BCUT2D eigenvalue weighted by molar-refractivity contribution is 5.86. The molecule has 0 saturated heterocycles. The molecule has 0 heterocycles. The number of likely N-dealkylation sites (N-methyl/N-ethyl adjacent to an activating group) is 1. The average molecular weight is 267 g/mol. The van der Waals surface area contributed by atoms with E-state index in [9.17, 15) is 4.79 Å². The third-order valence-electron chi connectivity index (χ3n) is 2.67. The first-order valence-electron chi connectivity index (χ1n) is 6.09. The van der Waals surface area contributed by atoms with E-state index in [1.165, 1.54) is 0 Å². The van der Waals surface area contributed by atoms with Crippen molar-refractivity contribution in [2.75, 3.05) is 31.8 Å². The summed E-state index contributed by atoms with van der Waals surface area (Å²) < 4.78 is 10.4. The minimum atomic E-state index is -0.389. The number of nitrogens with two attached hydrogens (primary N) is 1. The Morgan fingerprint density at radius 1 is 1.32 bits per heavy atom. The van der Waals surface area contributed by atoms with E-state index < -0.39 is 0 Å². The van der Waals surface area contributed by atoms with Crippen molar-refractivity contribution < 1.29 is 14.3 Å². The quantitative estimate of drug-likeness (QED) is 0.675. The van der Waals surface area contributed by atoms with Gasteiger partial charge in [-0.1, -0.05) is 0 Å². The number of hydrogen-bond acceptors (Lipinski definition) is 5. The molecule has 1 aromatic carbocycles. The highest BCUT2D eigenvalue weighted by Crippen LogP contribution is 2.35. The van der Waals surface area contributed by atoms with Gasteiger partial charge in [0, 0.05) is 18.7 Å². The molecule has 106 valence electrons. The predicted molar refractivity (Wildman–Crippen MR) is 75.7 cm³/mol. The van der Waals surface area contributed by atoms with Crippen molar-refractivity contribution in [1.82, 2.24) is 5.32 Å². The summed E-state index contributed by atoms with van der Waals surface area (Å²) in [6, 6.07) is 2.98. The Hall–Kier alpha value is -2.11. The van der Waals surface area contributed by atoms with Crippen LogP contribution in [0.5, 0.6) is 11.5 Å². The first-order chi connectivity index (χ1) is 9.03. The van der Waals surface area contributed by atoms with Gasteiger partial charge in [-0.05, 0) is 13.8 Å². The molecule has 4 N–H and O–H groups in total. The molecule has 0 fully saturated rings. The van der Waals surface area contributed by atoms with Gasteiger partial charge in [0.1, 0.15) is 6.04 Å². The highest BCUT2D eigenvalue weighted by atomic mass is 16.5. The number of benzene rings is 1. The van der Waals surface area contributed by atoms with Crippen molar-refractivity contribution in [3.05, 3.63) is 12.1 Å². The molecular formula is C13H21N3O3. The zero-order valence-electron chi connectivity index (χ0n) is 11.7. The van der Waals surface area contributed by atoms with E-state index in [4.69, 9.17) is 15.2 Å². The third-order valence-corrected chi connectivity index (χ3v) is 2.67. The third kappa shape index (κ3) is 3.67. The van der Waals surface area contributed by atoms with Crippen molar-refractivity contribution in [3.8, 4) is 11.5 Å². The number of carbonyl (C=O) groups is 1. The fourth-order valence-corrected chi connectivity index (χ4v) is 1.65. The molecule has 1 atom stereocenters. The van der Waals surface area contributed by atoms with Crippen LogP contribution in [0.25, 0.3) is 0 Å². The first-order valence-corrected chi connectivity index (χ1v) is 6.09. The fourth-order valence-electron chi connectivity index (χ4n) is 1.65. The molecule has 0 bridgehead atoms. The summed E-state index contributed by atoms with van der Waals surface area (Å²) in [6.45, 7) is 4.23. The van der Waals surface area contributed by atoms with Crippen molar-refractivity contribution in [3.63, 3.8) is 0 Å². The molecule has 6 nitrogen and oxygen atoms in total. The Balaban J connectivity index is 2.92. The summed E-state index contributed by atoms with van der Waals surface area (Å²) in [5, 5.41) is 5.79. The zero-order chi connectivity index (χ0) is 14.4. The topological polar surface area (TPSA) is 85.6 Å². The van der Waals surface area contributed by atoms with Gasteiger partial charge in [-0.15, -0.1) is 0 Å². The molecule has 0 aliphatic carbocycles. The molecule has 1 rings (SSSR count). The summed E-state index contributed by atoms with van der Waals surface area (Å²) in [6.07, 6.45) is 0. The SMILES string of the molecule is CCNC(=O)C(C)Nc1cc(OC)c(OC)cc1N. The van der Waals surface area contributed by atoms with Gasteiger partial charge in [0.05, 0.1) is 25.6 Å². The molecule has 1 unspecified atom stereocenters. The zero-order valence-corrected chi connectivity index (χ0v) is 11.7. The van der Waals surface area contributed by atoms with Gasteiger partial charge in [0.25, 0.3) is 0 Å². The average Bonchev–Trinajstić information content (AvgIpc) is 2.40. The largest absolute Gasteiger partial charge is 0.493 e. The maximum absolute atomic E-state index is 11.7. The van der Waals surface area contributed by atoms with Gasteiger partial charge >= 0.3 is 0 Å². The molecule has 0 aromatic heterocycles. The minimum absolute atomic E-state index is 0.0864. The Bertz CT molecular complexity index is 449. The number of ether oxygens (including phenoxy) is 2. The molecule has 1 aromatic rings. The normalized spacial score (nSPS) is 11.6. The van der Waals surface area contributed by atoms with Crippen molar-refractivity contribution in [1.29, 1.82) is 0 Å². The number of hydrogen-bond donors (Lipinski definition) is 3. The Morgan fingerprint density at radius 3 is 2.42 bits per heavy atom. The van der Waals surface area contributed by atoms with E-state index >= 15 is 0 Å². The molecule has 0 saturated carbocycles. The maximum atomic E-state index is 11.7. The van der Waals surface area contributed by atoms with Gasteiger partial charge < -0.3 is 25.8 Å². The van der Waals surface area contributed by atoms with Crippen LogP contribution in [-0.4, -0.2) is 32.7 Å². The van der Waals surface area contributed by atoms with Crippen molar-refractivity contribution >= 4 is 17.3 Å². The highest BCUT2D eigenvalue weighted by Gasteiger charge is 2.15. The fraction of sp³-hybridized carbons (Fsp3) is 0.462. The van der Waals surface area contributed by atoms with E-state index in [1.807, 2.05) is 6.92 Å². The summed E-state index contributed by atoms with van der Waals surface area (Å²) in [5.41, 5.74) is 7.04. The van der Waals surface area contributed by atoms with Gasteiger partial charge in [0.15, 0.2) is 11.5 Å². The predicted octanol–water partition coefficient (Wildman–Crippen LogP) is 1.22. The lowest BCUT2D eigenvalue weighted by Gasteiger charge is -2.18. The molecule has 0 spiro atoms. The second-order valence-electron chi connectivity index (χ2n) is 4.06. The van der Waals surface area contributed by atoms with Gasteiger partial charge in [-0.3, -0.25) is 4.79 Å². The number of nitrogens with one attached hydrogen (secondary N) is 2. The molecule has 1 amide bonds. The second-order valence-corrected chi connectivity index (χ2v) is 4.06. The van der Waals surface area contributed by atoms with Crippen LogP contribution in [0.2, 0.25) is 0 Å². The number of amides is 1. The number of rotatable bonds is 6. The molecular weight excluding hydrogens is 246 g/mol. The summed E-state index contributed by atoms with van der Waals surface area (Å²) in [5.74, 6) is 1.02. The Kier molecular flexibility index (Phi) is 5.29. The van der Waals surface area contributed by atoms with Crippen molar-refractivity contribution in [2.24, 2.45) is 0 Å². The van der Waals surface area contributed by atoms with E-state index in [0.717, 1.165) is 0 Å². The molecule has 0 radical (unpaired) electrons. The van der Waals surface area contributed by atoms with Crippen LogP contribution in [0.1, 0.15) is 13.8 Å². The molecule has 6 heteroatoms. The van der Waals surface area contributed by atoms with Crippen LogP contribution < -0.4 is 25.8 Å². The molecule has 0 aliphatic heterocycles. The second kappa shape index (κ2) is 6.72. The minimum Gasteiger partial charge on any atom is -0.493 e. The Labute approximate surface area is 113 Å². The first kappa shape index (κ1) is 14.9. The maximum Gasteiger partial charge on any atom is 0.242 e. The van der Waals surface area contributed by atoms with Crippen LogP contribution in [0.4, 0.5) is 11.4 Å². The lowest BCUT2D eigenvalue weighted by Crippen LogP contribution is -2.37. The van der Waals surface area contributed by atoms with Gasteiger partial charge in [-0.25, -0.2) is 0 Å². The van der Waals surface area contributed by atoms with E-state index in [1.54, 1.807) is 33.3 Å². The summed E-state index contributed by atoms with van der Waals surface area (Å²) in [4.78, 5) is 11.7. The van der Waals surface area contributed by atoms with Crippen LogP contribution in [-0.2, 0) is 4.79 Å². The molecule has 0 aliphatic rings. The molecule has 19 heavy (non-hydrogen) atoms. The summed E-state index contributed by atoms with van der Waals surface area (Å²) >= 11 is 0. The van der Waals surface area contributed by atoms with Crippen LogP contribution in [0.3, 0.4) is 0 Å². The summed E-state index contributed by atoms with van der Waals surface area (Å²) in [7, 11) is 3.09. The van der Waals surface area contributed by atoms with Gasteiger partial charge in [0.2, 0.25) is 5.91 Å². The van der Waals surface area contributed by atoms with E-state index in [-0.39, 0.29) is 11.9 Å². The van der Waals surface area contributed by atoms with E-state index in [2.05, 4.69) is 10.6 Å². The monoisotopic (exact) mass is 267 g/mol. The number of methoxy groups -OCH3 is 2. The van der Waals surface area contributed by atoms with Gasteiger partial charge in [-0.2, -0.15) is 0 Å². The number of anilines is 2. The number of nitrogen functional groups attached to an aromatic ring is 1. The van der Waals surface area contributed by atoms with E-state index in [0.29, 0.717) is 29.4 Å². The standard InChI is InChI=1S/C13H21N3O3/c1-5-15-13(17)8(2)16-10-7-12(19-4)11(18-3)6-9(10)14/h6-8,16H,5,14H2,1-4H3,(H,15,17). The lowest BCUT2D eigenvalue weighted by atomic mass is 10.2. The van der Waals surface area contributed by atoms with Crippen LogP contribution >= 0.6 is 0 Å².